The summed E-state index contributed by atoms with van der Waals surface area (Å²) in [5, 5.41) is 50.7. The first-order valence-corrected chi connectivity index (χ1v) is 23.8. The van der Waals surface area contributed by atoms with E-state index in [4.69, 9.17) is 33.2 Å². The second-order valence-corrected chi connectivity index (χ2v) is 18.6. The molecule has 70 heavy (non-hydrogen) atoms. The molecule has 4 aromatic carbocycles. The van der Waals surface area contributed by atoms with E-state index in [-0.39, 0.29) is 58.3 Å². The molecule has 4 unspecified atom stereocenters. The van der Waals surface area contributed by atoms with Gasteiger partial charge in [0.05, 0.1) is 122 Å². The quantitative estimate of drug-likeness (QED) is 0.0275. The summed E-state index contributed by atoms with van der Waals surface area (Å²) in [7, 11) is 12.3. The van der Waals surface area contributed by atoms with Crippen LogP contribution in [-0.4, -0.2) is 135 Å². The van der Waals surface area contributed by atoms with Crippen LogP contribution in [0.2, 0.25) is 0 Å². The van der Waals surface area contributed by atoms with E-state index in [1.54, 1.807) is 28.4 Å². The number of aliphatic hydroxyl groups is 5. The maximum Gasteiger partial charge on any atom is 0.331 e. The van der Waals surface area contributed by atoms with Gasteiger partial charge in [-0.3, -0.25) is 0 Å². The van der Waals surface area contributed by atoms with Crippen molar-refractivity contribution in [1.82, 2.24) is 0 Å². The van der Waals surface area contributed by atoms with Gasteiger partial charge < -0.3 is 67.7 Å². The van der Waals surface area contributed by atoms with Crippen LogP contribution in [0.15, 0.2) is 60.7 Å². The molecule has 6 rings (SSSR count). The molecule has 0 radical (unpaired) electrons. The number of fused-ring (bicyclic) bond motifs is 2. The first-order valence-electron chi connectivity index (χ1n) is 23.8. The highest BCUT2D eigenvalue weighted by atomic mass is 16.5. The van der Waals surface area contributed by atoms with Crippen molar-refractivity contribution in [1.29, 1.82) is 0 Å². The molecule has 4 atom stereocenters. The lowest BCUT2D eigenvalue weighted by Gasteiger charge is -2.46. The Morgan fingerprint density at radius 2 is 0.986 bits per heavy atom. The van der Waals surface area contributed by atoms with Crippen LogP contribution in [0.25, 0.3) is 0 Å². The van der Waals surface area contributed by atoms with Gasteiger partial charge in [0.2, 0.25) is 0 Å². The number of likely N-dealkylation sites (N-methyl/N-ethyl adjacent to an activating group) is 2. The molecule has 0 aliphatic carbocycles. The first kappa shape index (κ1) is 53.6. The standard InChI is InChI=1S/C54H72N2O14/c1-55(16-12-37-26-39(30-57)40(31-58)27-43(37)46(55)22-35-20-41(32-59)45(34-61)48(24-35)64-3)14-8-18-69-52(62)10-11-53(63)70-19-9-15-56(2)17-13-38-28-49(65-4)50(66-5)29-44(38)47(56)23-36-21-42(33-60)54(68-7)51(25-36)67-6/h10-11,20-21,24-29,46-47,57-61H,8-9,12-19,22-23,30-34H2,1-7H3/q+2/b11-10+. The predicted octanol–water partition coefficient (Wildman–Crippen LogP) is 4.89. The average Bonchev–Trinajstić information content (AvgIpc) is 3.38. The summed E-state index contributed by atoms with van der Waals surface area (Å²) in [6.07, 6.45) is 5.98. The summed E-state index contributed by atoms with van der Waals surface area (Å²) in [5.74, 6) is 1.52. The molecule has 0 aromatic heterocycles. The largest absolute Gasteiger partial charge is 0.496 e. The number of benzene rings is 4. The molecule has 4 aromatic rings. The van der Waals surface area contributed by atoms with E-state index in [9.17, 15) is 35.1 Å². The summed E-state index contributed by atoms with van der Waals surface area (Å²) >= 11 is 0. The SMILES string of the molecule is COc1cc2c(cc1OC)C(Cc1cc(CO)c(OC)c(OC)c1)[N+](C)(CCCOC(=O)/C=C/C(=O)OCCC[N+]1(C)CCc3cc(CO)c(CO)cc3C1Cc1cc(CO)c(CO)c(OC)c1)CC2. The van der Waals surface area contributed by atoms with Crippen LogP contribution in [0.3, 0.4) is 0 Å². The number of rotatable bonds is 24. The smallest absolute Gasteiger partial charge is 0.331 e. The number of quaternary nitrogens is 2. The first-order chi connectivity index (χ1) is 33.7. The van der Waals surface area contributed by atoms with Gasteiger partial charge in [0, 0.05) is 72.9 Å². The minimum Gasteiger partial charge on any atom is -0.496 e. The molecule has 0 amide bonds. The molecule has 0 fully saturated rings. The zero-order valence-electron chi connectivity index (χ0n) is 41.8. The molecule has 2 aliphatic heterocycles. The zero-order valence-corrected chi connectivity index (χ0v) is 41.8. The molecule has 380 valence electrons. The Labute approximate surface area is 411 Å². The van der Waals surface area contributed by atoms with Crippen LogP contribution in [0, 0.1) is 0 Å². The van der Waals surface area contributed by atoms with E-state index >= 15 is 0 Å². The van der Waals surface area contributed by atoms with Crippen LogP contribution < -0.4 is 23.7 Å². The van der Waals surface area contributed by atoms with Gasteiger partial charge in [0.1, 0.15) is 17.8 Å². The number of aliphatic hydroxyl groups excluding tert-OH is 5. The van der Waals surface area contributed by atoms with Crippen molar-refractivity contribution < 1.29 is 77.2 Å². The number of hydrogen-bond donors (Lipinski definition) is 5. The summed E-state index contributed by atoms with van der Waals surface area (Å²) in [6.45, 7) is 2.01. The minimum absolute atomic E-state index is 0.0343. The van der Waals surface area contributed by atoms with E-state index in [2.05, 4.69) is 14.1 Å². The normalized spacial score (nSPS) is 19.5. The number of esters is 2. The fourth-order valence-electron chi connectivity index (χ4n) is 10.6. The van der Waals surface area contributed by atoms with E-state index in [1.165, 1.54) is 7.11 Å². The number of nitrogens with zero attached hydrogens (tertiary/aromatic N) is 2. The Morgan fingerprint density at radius 3 is 1.47 bits per heavy atom. The second-order valence-electron chi connectivity index (χ2n) is 18.6. The lowest BCUT2D eigenvalue weighted by molar-refractivity contribution is -0.941. The van der Waals surface area contributed by atoms with Gasteiger partial charge in [-0.05, 0) is 75.3 Å². The highest BCUT2D eigenvalue weighted by Gasteiger charge is 2.41. The van der Waals surface area contributed by atoms with Gasteiger partial charge in [-0.1, -0.05) is 12.1 Å². The van der Waals surface area contributed by atoms with Crippen LogP contribution in [0.5, 0.6) is 28.7 Å². The second kappa shape index (κ2) is 24.4. The average molecular weight is 973 g/mol. The van der Waals surface area contributed by atoms with Crippen molar-refractivity contribution in [2.24, 2.45) is 0 Å². The Kier molecular flexibility index (Phi) is 18.7. The third kappa shape index (κ3) is 12.1. The third-order valence-corrected chi connectivity index (χ3v) is 14.5. The molecule has 0 bridgehead atoms. The fourth-order valence-corrected chi connectivity index (χ4v) is 10.6. The minimum atomic E-state index is -0.656. The van der Waals surface area contributed by atoms with Crippen molar-refractivity contribution in [3.63, 3.8) is 0 Å². The van der Waals surface area contributed by atoms with Gasteiger partial charge in [0.15, 0.2) is 23.0 Å². The van der Waals surface area contributed by atoms with Crippen LogP contribution in [-0.2, 0) is 77.8 Å². The van der Waals surface area contributed by atoms with Crippen molar-refractivity contribution in [2.45, 2.75) is 83.6 Å². The van der Waals surface area contributed by atoms with Crippen LogP contribution in [0.1, 0.15) is 86.1 Å². The predicted molar refractivity (Wildman–Crippen MR) is 261 cm³/mol. The molecule has 2 heterocycles. The maximum absolute atomic E-state index is 12.9. The van der Waals surface area contributed by atoms with Gasteiger partial charge >= 0.3 is 11.9 Å². The number of carbonyl (C=O) groups excluding carboxylic acids is 2. The van der Waals surface area contributed by atoms with Crippen molar-refractivity contribution in [2.75, 3.05) is 89.0 Å². The van der Waals surface area contributed by atoms with Gasteiger partial charge in [-0.2, -0.15) is 0 Å². The van der Waals surface area contributed by atoms with E-state index in [0.29, 0.717) is 104 Å². The molecule has 0 spiro atoms. The lowest BCUT2D eigenvalue weighted by Crippen LogP contribution is -2.52. The summed E-state index contributed by atoms with van der Waals surface area (Å²) in [5.41, 5.74) is 9.40. The molecule has 16 heteroatoms. The monoisotopic (exact) mass is 972 g/mol. The van der Waals surface area contributed by atoms with Gasteiger partial charge in [-0.15, -0.1) is 0 Å². The fraction of sp³-hybridized carbons (Fsp3) is 0.481. The van der Waals surface area contributed by atoms with Crippen LogP contribution in [0.4, 0.5) is 0 Å². The van der Waals surface area contributed by atoms with Crippen molar-refractivity contribution in [3.05, 3.63) is 122 Å². The van der Waals surface area contributed by atoms with Crippen molar-refractivity contribution >= 4 is 11.9 Å². The van der Waals surface area contributed by atoms with E-state index < -0.39 is 11.9 Å². The highest BCUT2D eigenvalue weighted by Crippen LogP contribution is 2.44. The Bertz CT molecular complexity index is 2270. The van der Waals surface area contributed by atoms with E-state index in [1.807, 2.05) is 48.5 Å². The molecule has 0 saturated heterocycles. The molecule has 2 aliphatic rings. The molecule has 0 saturated carbocycles. The summed E-state index contributed by atoms with van der Waals surface area (Å²) in [4.78, 5) is 25.7. The molecule has 5 N–H and O–H groups in total. The summed E-state index contributed by atoms with van der Waals surface area (Å²) in [6, 6.07) is 15.6. The topological polar surface area (TPSA) is 200 Å². The third-order valence-electron chi connectivity index (χ3n) is 14.5. The Morgan fingerprint density at radius 1 is 0.529 bits per heavy atom. The van der Waals surface area contributed by atoms with Crippen molar-refractivity contribution in [3.8, 4) is 28.7 Å². The van der Waals surface area contributed by atoms with Gasteiger partial charge in [-0.25, -0.2) is 9.59 Å². The number of methoxy groups -OCH3 is 5. The Balaban J connectivity index is 1.07. The number of carbonyl (C=O) groups is 2. The molecule has 16 nitrogen and oxygen atoms in total. The zero-order chi connectivity index (χ0) is 50.6. The van der Waals surface area contributed by atoms with E-state index in [0.717, 1.165) is 71.5 Å². The number of ether oxygens (including phenoxy) is 7. The van der Waals surface area contributed by atoms with Crippen LogP contribution >= 0.6 is 0 Å². The Hall–Kier alpha value is -5.72. The molecular formula is C54H72N2O14+2. The highest BCUT2D eigenvalue weighted by molar-refractivity contribution is 5.91. The maximum atomic E-state index is 12.9. The summed E-state index contributed by atoms with van der Waals surface area (Å²) < 4.78 is 40.6. The number of hydrogen-bond acceptors (Lipinski definition) is 14. The lowest BCUT2D eigenvalue weighted by atomic mass is 9.83. The van der Waals surface area contributed by atoms with Gasteiger partial charge in [0.25, 0.3) is 0 Å². The molecular weight excluding hydrogens is 901 g/mol.